The Kier molecular flexibility index (Phi) is 4.60. The minimum absolute atomic E-state index is 0.0553. The lowest BCUT2D eigenvalue weighted by Gasteiger charge is -2.47. The van der Waals surface area contributed by atoms with Crippen molar-refractivity contribution in [1.29, 1.82) is 0 Å². The molecule has 4 heterocycles. The lowest BCUT2D eigenvalue weighted by atomic mass is 9.75. The Balaban J connectivity index is 1.37. The molecule has 1 aromatic carbocycles. The molecule has 7 heteroatoms. The smallest absolute Gasteiger partial charge is 0.234 e. The van der Waals surface area contributed by atoms with Crippen LogP contribution >= 0.6 is 11.6 Å². The summed E-state index contributed by atoms with van der Waals surface area (Å²) in [5, 5.41) is 7.53. The van der Waals surface area contributed by atoms with Crippen LogP contribution in [0.4, 0.5) is 5.69 Å². The fraction of sp³-hybridized carbons (Fsp3) is 0.583. The number of ether oxygens (including phenoxy) is 1. The summed E-state index contributed by atoms with van der Waals surface area (Å²) in [6.45, 7) is 9.07. The Morgan fingerprint density at radius 1 is 1.16 bits per heavy atom. The van der Waals surface area contributed by atoms with Crippen LogP contribution in [-0.2, 0) is 14.3 Å². The standard InChI is InChI=1S/C24H30ClN3O3/c1-22(2)11-15(12-23(3,4)27-22)26-20(29)18-17-9-10-24(31-17)13-28(21(30)19(18)24)16-7-5-14(25)6-8-16/h5-10,15,17-19,27H,11-13H2,1-4H3,(H,26,29)/t17-,18-,19+,24+/m1/s1. The summed E-state index contributed by atoms with van der Waals surface area (Å²) < 4.78 is 6.26. The van der Waals surface area contributed by atoms with Gasteiger partial charge in [0.05, 0.1) is 24.5 Å². The van der Waals surface area contributed by atoms with Gasteiger partial charge in [-0.1, -0.05) is 23.8 Å². The van der Waals surface area contributed by atoms with E-state index in [1.54, 1.807) is 17.0 Å². The minimum Gasteiger partial charge on any atom is -0.360 e. The third kappa shape index (κ3) is 3.49. The van der Waals surface area contributed by atoms with Gasteiger partial charge in [0.2, 0.25) is 11.8 Å². The van der Waals surface area contributed by atoms with Gasteiger partial charge in [0.25, 0.3) is 0 Å². The van der Waals surface area contributed by atoms with E-state index in [2.05, 4.69) is 38.3 Å². The maximum absolute atomic E-state index is 13.5. The summed E-state index contributed by atoms with van der Waals surface area (Å²) in [6.07, 6.45) is 5.28. The number of benzene rings is 1. The van der Waals surface area contributed by atoms with Crippen molar-refractivity contribution in [3.05, 3.63) is 41.4 Å². The van der Waals surface area contributed by atoms with Crippen molar-refractivity contribution in [1.82, 2.24) is 10.6 Å². The van der Waals surface area contributed by atoms with Crippen LogP contribution < -0.4 is 15.5 Å². The van der Waals surface area contributed by atoms with E-state index in [1.165, 1.54) is 0 Å². The van der Waals surface area contributed by atoms with E-state index >= 15 is 0 Å². The van der Waals surface area contributed by atoms with Crippen molar-refractivity contribution in [2.24, 2.45) is 11.8 Å². The second-order valence-electron chi connectivity index (χ2n) is 10.8. The second kappa shape index (κ2) is 6.80. The first-order valence-electron chi connectivity index (χ1n) is 11.0. The molecule has 1 aromatic rings. The van der Waals surface area contributed by atoms with Gasteiger partial charge in [0.1, 0.15) is 5.60 Å². The number of piperidine rings is 1. The summed E-state index contributed by atoms with van der Waals surface area (Å²) in [6, 6.07) is 7.27. The number of anilines is 1. The average Bonchev–Trinajstić information content (AvgIpc) is 3.28. The Hall–Kier alpha value is -1.89. The SMILES string of the molecule is CC1(C)CC(NC(=O)[C@H]2[C@H]3C(=O)N(c4ccc(Cl)cc4)C[C@@]34C=C[C@H]2O4)CC(C)(C)N1. The Morgan fingerprint density at radius 2 is 1.81 bits per heavy atom. The molecular weight excluding hydrogens is 414 g/mol. The van der Waals surface area contributed by atoms with Crippen molar-refractivity contribution in [3.63, 3.8) is 0 Å². The number of fused-ring (bicyclic) bond motifs is 1. The Bertz CT molecular complexity index is 941. The zero-order valence-corrected chi connectivity index (χ0v) is 19.2. The monoisotopic (exact) mass is 443 g/mol. The Labute approximate surface area is 188 Å². The van der Waals surface area contributed by atoms with E-state index in [0.717, 1.165) is 18.5 Å². The van der Waals surface area contributed by atoms with Crippen LogP contribution in [0.5, 0.6) is 0 Å². The first-order valence-corrected chi connectivity index (χ1v) is 11.4. The van der Waals surface area contributed by atoms with Crippen LogP contribution in [0.2, 0.25) is 5.02 Å². The van der Waals surface area contributed by atoms with E-state index in [-0.39, 0.29) is 35.0 Å². The van der Waals surface area contributed by atoms with Crippen LogP contribution in [0, 0.1) is 11.8 Å². The van der Waals surface area contributed by atoms with E-state index in [4.69, 9.17) is 16.3 Å². The van der Waals surface area contributed by atoms with Crippen LogP contribution in [0.1, 0.15) is 40.5 Å². The highest BCUT2D eigenvalue weighted by Gasteiger charge is 2.67. The predicted molar refractivity (Wildman–Crippen MR) is 120 cm³/mol. The van der Waals surface area contributed by atoms with Gasteiger partial charge in [-0.25, -0.2) is 0 Å². The zero-order chi connectivity index (χ0) is 22.2. The number of halogens is 1. The number of hydrogen-bond acceptors (Lipinski definition) is 4. The van der Waals surface area contributed by atoms with Crippen molar-refractivity contribution in [3.8, 4) is 0 Å². The maximum atomic E-state index is 13.5. The summed E-state index contributed by atoms with van der Waals surface area (Å²) >= 11 is 6.01. The topological polar surface area (TPSA) is 70.7 Å². The number of nitrogens with one attached hydrogen (secondary N) is 2. The molecule has 0 saturated carbocycles. The summed E-state index contributed by atoms with van der Waals surface area (Å²) in [4.78, 5) is 28.6. The fourth-order valence-electron chi connectivity index (χ4n) is 6.36. The molecule has 6 nitrogen and oxygen atoms in total. The van der Waals surface area contributed by atoms with E-state index in [0.29, 0.717) is 11.6 Å². The molecule has 1 spiro atoms. The first-order chi connectivity index (χ1) is 14.5. The summed E-state index contributed by atoms with van der Waals surface area (Å²) in [5.74, 6) is -1.14. The molecule has 0 radical (unpaired) electrons. The molecule has 4 atom stereocenters. The molecule has 4 aliphatic heterocycles. The van der Waals surface area contributed by atoms with E-state index < -0.39 is 17.4 Å². The quantitative estimate of drug-likeness (QED) is 0.704. The predicted octanol–water partition coefficient (Wildman–Crippen LogP) is 3.05. The molecule has 2 N–H and O–H groups in total. The third-order valence-corrected chi connectivity index (χ3v) is 7.33. The van der Waals surface area contributed by atoms with Gasteiger partial charge < -0.3 is 20.3 Å². The minimum atomic E-state index is -0.726. The van der Waals surface area contributed by atoms with Crippen LogP contribution in [0.25, 0.3) is 0 Å². The lowest BCUT2D eigenvalue weighted by molar-refractivity contribution is -0.132. The van der Waals surface area contributed by atoms with Gasteiger partial charge in [-0.2, -0.15) is 0 Å². The number of nitrogens with zero attached hydrogens (tertiary/aromatic N) is 1. The van der Waals surface area contributed by atoms with Gasteiger partial charge >= 0.3 is 0 Å². The lowest BCUT2D eigenvalue weighted by Crippen LogP contribution is -2.62. The van der Waals surface area contributed by atoms with Gasteiger partial charge in [-0.15, -0.1) is 0 Å². The molecule has 4 aliphatic rings. The second-order valence-corrected chi connectivity index (χ2v) is 11.2. The van der Waals surface area contributed by atoms with Crippen molar-refractivity contribution in [2.45, 2.75) is 69.4 Å². The van der Waals surface area contributed by atoms with Crippen molar-refractivity contribution < 1.29 is 14.3 Å². The highest BCUT2D eigenvalue weighted by atomic mass is 35.5. The number of rotatable bonds is 3. The fourth-order valence-corrected chi connectivity index (χ4v) is 6.48. The molecule has 5 rings (SSSR count). The summed E-state index contributed by atoms with van der Waals surface area (Å²) in [7, 11) is 0. The van der Waals surface area contributed by atoms with Crippen LogP contribution in [0.15, 0.2) is 36.4 Å². The molecule has 0 unspecified atom stereocenters. The van der Waals surface area contributed by atoms with Gasteiger partial charge in [0, 0.05) is 27.8 Å². The molecule has 3 saturated heterocycles. The molecule has 0 aliphatic carbocycles. The van der Waals surface area contributed by atoms with Crippen molar-refractivity contribution >= 4 is 29.1 Å². The number of carbonyl (C=O) groups is 2. The number of amides is 2. The van der Waals surface area contributed by atoms with E-state index in [1.807, 2.05) is 24.3 Å². The molecule has 31 heavy (non-hydrogen) atoms. The highest BCUT2D eigenvalue weighted by Crippen LogP contribution is 2.52. The van der Waals surface area contributed by atoms with E-state index in [9.17, 15) is 9.59 Å². The largest absolute Gasteiger partial charge is 0.360 e. The van der Waals surface area contributed by atoms with Gasteiger partial charge in [-0.3, -0.25) is 9.59 Å². The zero-order valence-electron chi connectivity index (χ0n) is 18.4. The Morgan fingerprint density at radius 3 is 2.45 bits per heavy atom. The van der Waals surface area contributed by atoms with Crippen molar-refractivity contribution in [2.75, 3.05) is 11.4 Å². The first kappa shape index (κ1) is 21.0. The number of carbonyl (C=O) groups excluding carboxylic acids is 2. The molecule has 2 amide bonds. The molecular formula is C24H30ClN3O3. The van der Waals surface area contributed by atoms with Crippen LogP contribution in [-0.4, -0.2) is 47.2 Å². The normalized spacial score (nSPS) is 35.5. The molecule has 3 fully saturated rings. The molecule has 166 valence electrons. The van der Waals surface area contributed by atoms with Gasteiger partial charge in [0.15, 0.2) is 0 Å². The average molecular weight is 444 g/mol. The molecule has 0 aromatic heterocycles. The third-order valence-electron chi connectivity index (χ3n) is 7.08. The number of hydrogen-bond donors (Lipinski definition) is 2. The van der Waals surface area contributed by atoms with Gasteiger partial charge in [-0.05, 0) is 64.8 Å². The van der Waals surface area contributed by atoms with Crippen LogP contribution in [0.3, 0.4) is 0 Å². The maximum Gasteiger partial charge on any atom is 0.234 e. The summed E-state index contributed by atoms with van der Waals surface area (Å²) in [5.41, 5.74) is -0.0865. The molecule has 2 bridgehead atoms. The highest BCUT2D eigenvalue weighted by molar-refractivity contribution is 6.30.